The SMILES string of the molecule is COC(=O)c1ccc(CN2C(=O)N/C(=C\c3cc(I)c(OCc4ccc(C)cc4)c(I)c3)C2=O)o1. The highest BCUT2D eigenvalue weighted by Crippen LogP contribution is 2.31. The summed E-state index contributed by atoms with van der Waals surface area (Å²) in [5.74, 6) is -0.0784. The number of nitrogens with zero attached hydrogens (tertiary/aromatic N) is 1. The van der Waals surface area contributed by atoms with E-state index in [1.807, 2.05) is 43.3 Å². The van der Waals surface area contributed by atoms with Gasteiger partial charge in [-0.15, -0.1) is 0 Å². The second-order valence-corrected chi connectivity index (χ2v) is 10.0. The molecule has 1 aliphatic heterocycles. The summed E-state index contributed by atoms with van der Waals surface area (Å²) in [6.45, 7) is 2.37. The maximum atomic E-state index is 12.9. The molecule has 2 aromatic carbocycles. The van der Waals surface area contributed by atoms with Crippen molar-refractivity contribution in [3.05, 3.63) is 89.6 Å². The van der Waals surface area contributed by atoms with E-state index in [9.17, 15) is 14.4 Å². The summed E-state index contributed by atoms with van der Waals surface area (Å²) in [7, 11) is 1.24. The van der Waals surface area contributed by atoms with Gasteiger partial charge in [0.1, 0.15) is 23.8 Å². The monoisotopic (exact) mass is 698 g/mol. The smallest absolute Gasteiger partial charge is 0.373 e. The van der Waals surface area contributed by atoms with Gasteiger partial charge in [-0.2, -0.15) is 0 Å². The Morgan fingerprint density at radius 2 is 1.77 bits per heavy atom. The van der Waals surface area contributed by atoms with E-state index in [1.54, 1.807) is 6.08 Å². The van der Waals surface area contributed by atoms with Gasteiger partial charge in [-0.3, -0.25) is 9.69 Å². The minimum atomic E-state index is -0.635. The fourth-order valence-corrected chi connectivity index (χ4v) is 5.48. The Kier molecular flexibility index (Phi) is 7.79. The number of hydrogen-bond acceptors (Lipinski definition) is 6. The first-order chi connectivity index (χ1) is 16.7. The molecule has 35 heavy (non-hydrogen) atoms. The zero-order valence-electron chi connectivity index (χ0n) is 18.8. The molecule has 1 aromatic heterocycles. The van der Waals surface area contributed by atoms with E-state index in [-0.39, 0.29) is 23.8 Å². The molecule has 0 unspecified atom stereocenters. The molecular weight excluding hydrogens is 678 g/mol. The number of urea groups is 1. The molecule has 0 spiro atoms. The fourth-order valence-electron chi connectivity index (χ4n) is 3.35. The van der Waals surface area contributed by atoms with Crippen LogP contribution in [0.5, 0.6) is 5.75 Å². The number of methoxy groups -OCH3 is 1. The molecule has 1 saturated heterocycles. The number of carbonyl (C=O) groups excluding carboxylic acids is 3. The molecule has 10 heteroatoms. The van der Waals surface area contributed by atoms with Crippen molar-refractivity contribution < 1.29 is 28.3 Å². The van der Waals surface area contributed by atoms with Crippen molar-refractivity contribution >= 4 is 69.2 Å². The van der Waals surface area contributed by atoms with Crippen molar-refractivity contribution in [1.82, 2.24) is 10.2 Å². The van der Waals surface area contributed by atoms with Crippen LogP contribution < -0.4 is 10.1 Å². The van der Waals surface area contributed by atoms with Crippen molar-refractivity contribution in [3.8, 4) is 5.75 Å². The van der Waals surface area contributed by atoms with Gasteiger partial charge < -0.3 is 19.2 Å². The lowest BCUT2D eigenvalue weighted by Gasteiger charge is -2.12. The van der Waals surface area contributed by atoms with E-state index in [0.29, 0.717) is 6.61 Å². The number of furan rings is 1. The molecule has 0 atom stereocenters. The van der Waals surface area contributed by atoms with E-state index in [1.165, 1.54) is 24.8 Å². The third kappa shape index (κ3) is 5.86. The van der Waals surface area contributed by atoms with Crippen molar-refractivity contribution in [2.75, 3.05) is 7.11 Å². The topological polar surface area (TPSA) is 98.1 Å². The molecule has 3 aromatic rings. The molecule has 2 heterocycles. The number of nitrogens with one attached hydrogen (secondary N) is 1. The predicted molar refractivity (Wildman–Crippen MR) is 144 cm³/mol. The van der Waals surface area contributed by atoms with Crippen LogP contribution in [-0.2, 0) is 22.7 Å². The molecule has 8 nitrogen and oxygen atoms in total. The Morgan fingerprint density at radius 1 is 1.09 bits per heavy atom. The van der Waals surface area contributed by atoms with Gasteiger partial charge in [0.2, 0.25) is 5.76 Å². The Bertz CT molecular complexity index is 1310. The average Bonchev–Trinajstić information content (AvgIpc) is 3.39. The lowest BCUT2D eigenvalue weighted by Crippen LogP contribution is -2.30. The predicted octanol–water partition coefficient (Wildman–Crippen LogP) is 5.26. The zero-order valence-corrected chi connectivity index (χ0v) is 23.1. The highest BCUT2D eigenvalue weighted by molar-refractivity contribution is 14.1. The third-order valence-electron chi connectivity index (χ3n) is 5.16. The molecule has 1 aliphatic rings. The molecule has 3 amide bonds. The first-order valence-electron chi connectivity index (χ1n) is 10.4. The lowest BCUT2D eigenvalue weighted by molar-refractivity contribution is -0.123. The molecule has 0 radical (unpaired) electrons. The normalized spacial score (nSPS) is 14.4. The van der Waals surface area contributed by atoms with Gasteiger partial charge in [0, 0.05) is 0 Å². The van der Waals surface area contributed by atoms with E-state index in [2.05, 4.69) is 55.2 Å². The van der Waals surface area contributed by atoms with Gasteiger partial charge in [0.25, 0.3) is 5.91 Å². The highest BCUT2D eigenvalue weighted by atomic mass is 127. The number of esters is 1. The van der Waals surface area contributed by atoms with Gasteiger partial charge in [-0.05, 0) is 93.6 Å². The Balaban J connectivity index is 1.47. The fraction of sp³-hybridized carbons (Fsp3) is 0.160. The summed E-state index contributed by atoms with van der Waals surface area (Å²) < 4.78 is 17.8. The van der Waals surface area contributed by atoms with Gasteiger partial charge in [0.05, 0.1) is 20.8 Å². The van der Waals surface area contributed by atoms with Crippen LogP contribution in [0.3, 0.4) is 0 Å². The number of benzene rings is 2. The molecular formula is C25H20I2N2O6. The molecule has 0 saturated carbocycles. The first-order valence-corrected chi connectivity index (χ1v) is 12.6. The van der Waals surface area contributed by atoms with Gasteiger partial charge in [-0.25, -0.2) is 9.59 Å². The maximum absolute atomic E-state index is 12.9. The number of hydrogen-bond donors (Lipinski definition) is 1. The van der Waals surface area contributed by atoms with Gasteiger partial charge >= 0.3 is 12.0 Å². The molecule has 1 fully saturated rings. The second-order valence-electron chi connectivity index (χ2n) is 7.72. The summed E-state index contributed by atoms with van der Waals surface area (Å²) in [6, 6.07) is 14.3. The van der Waals surface area contributed by atoms with E-state index in [0.717, 1.165) is 28.9 Å². The number of aryl methyl sites for hydroxylation is 1. The van der Waals surface area contributed by atoms with Crippen LogP contribution in [0.15, 0.2) is 58.6 Å². The third-order valence-corrected chi connectivity index (χ3v) is 6.76. The van der Waals surface area contributed by atoms with Crippen molar-refractivity contribution in [3.63, 3.8) is 0 Å². The first kappa shape index (κ1) is 25.2. The van der Waals surface area contributed by atoms with Crippen LogP contribution in [0.1, 0.15) is 33.0 Å². The van der Waals surface area contributed by atoms with Crippen LogP contribution in [0.4, 0.5) is 4.79 Å². The van der Waals surface area contributed by atoms with Crippen LogP contribution >= 0.6 is 45.2 Å². The minimum Gasteiger partial charge on any atom is -0.487 e. The van der Waals surface area contributed by atoms with Crippen LogP contribution in [0, 0.1) is 14.1 Å². The molecule has 4 rings (SSSR count). The Morgan fingerprint density at radius 3 is 2.43 bits per heavy atom. The number of amides is 3. The number of halogens is 2. The Hall–Kier alpha value is -2.87. The molecule has 180 valence electrons. The molecule has 1 N–H and O–H groups in total. The van der Waals surface area contributed by atoms with Crippen LogP contribution in [0.2, 0.25) is 0 Å². The van der Waals surface area contributed by atoms with Crippen molar-refractivity contribution in [1.29, 1.82) is 0 Å². The highest BCUT2D eigenvalue weighted by Gasteiger charge is 2.34. The number of imide groups is 1. The standard InChI is InChI=1S/C25H20I2N2O6/c1-14-3-5-15(6-4-14)13-34-22-18(26)9-16(10-19(22)27)11-20-23(30)29(25(32)28-20)12-17-7-8-21(35-17)24(31)33-2/h3-11H,12-13H2,1-2H3,(H,28,32)/b20-11-. The van der Waals surface area contributed by atoms with Crippen LogP contribution in [0.25, 0.3) is 6.08 Å². The van der Waals surface area contributed by atoms with Crippen molar-refractivity contribution in [2.45, 2.75) is 20.1 Å². The Labute approximate surface area is 228 Å². The summed E-state index contributed by atoms with van der Waals surface area (Å²) in [6.07, 6.45) is 1.62. The molecule has 0 bridgehead atoms. The summed E-state index contributed by atoms with van der Waals surface area (Å²) in [5.41, 5.74) is 3.16. The van der Waals surface area contributed by atoms with Gasteiger partial charge in [0.15, 0.2) is 0 Å². The zero-order chi connectivity index (χ0) is 25.1. The minimum absolute atomic E-state index is 0.000781. The number of carbonyl (C=O) groups is 3. The largest absolute Gasteiger partial charge is 0.487 e. The summed E-state index contributed by atoms with van der Waals surface area (Å²) in [5, 5.41) is 2.60. The van der Waals surface area contributed by atoms with E-state index in [4.69, 9.17) is 9.15 Å². The maximum Gasteiger partial charge on any atom is 0.373 e. The second kappa shape index (κ2) is 10.8. The molecule has 0 aliphatic carbocycles. The van der Waals surface area contributed by atoms with Crippen LogP contribution in [-0.4, -0.2) is 29.9 Å². The van der Waals surface area contributed by atoms with Gasteiger partial charge in [-0.1, -0.05) is 29.8 Å². The van der Waals surface area contributed by atoms with E-state index < -0.39 is 17.9 Å². The average molecular weight is 698 g/mol. The quantitative estimate of drug-likeness (QED) is 0.157. The number of rotatable bonds is 7. The summed E-state index contributed by atoms with van der Waals surface area (Å²) in [4.78, 5) is 37.8. The number of ether oxygens (including phenoxy) is 2. The summed E-state index contributed by atoms with van der Waals surface area (Å²) >= 11 is 4.39. The van der Waals surface area contributed by atoms with E-state index >= 15 is 0 Å². The lowest BCUT2D eigenvalue weighted by atomic mass is 10.1. The van der Waals surface area contributed by atoms with Crippen molar-refractivity contribution in [2.24, 2.45) is 0 Å².